The lowest BCUT2D eigenvalue weighted by atomic mass is 10.1. The number of rotatable bonds is 3. The van der Waals surface area contributed by atoms with Crippen molar-refractivity contribution in [1.82, 2.24) is 4.90 Å². The summed E-state index contributed by atoms with van der Waals surface area (Å²) in [7, 11) is 4.19. The van der Waals surface area contributed by atoms with E-state index in [2.05, 4.69) is 42.6 Å². The van der Waals surface area contributed by atoms with Gasteiger partial charge in [-0.15, -0.1) is 11.3 Å². The van der Waals surface area contributed by atoms with Gasteiger partial charge in [0.05, 0.1) is 0 Å². The Labute approximate surface area is 94.3 Å². The van der Waals surface area contributed by atoms with E-state index in [4.69, 9.17) is 5.73 Å². The van der Waals surface area contributed by atoms with E-state index < -0.39 is 0 Å². The van der Waals surface area contributed by atoms with Crippen molar-refractivity contribution < 1.29 is 0 Å². The highest BCUT2D eigenvalue weighted by Crippen LogP contribution is 2.29. The average molecular weight is 220 g/mol. The summed E-state index contributed by atoms with van der Waals surface area (Å²) in [5.74, 6) is 0. The molecule has 15 heavy (non-hydrogen) atoms. The van der Waals surface area contributed by atoms with E-state index >= 15 is 0 Å². The van der Waals surface area contributed by atoms with Gasteiger partial charge in [-0.25, -0.2) is 0 Å². The zero-order valence-corrected chi connectivity index (χ0v) is 9.97. The molecule has 0 saturated carbocycles. The lowest BCUT2D eigenvalue weighted by Crippen LogP contribution is -2.10. The maximum atomic E-state index is 5.72. The lowest BCUT2D eigenvalue weighted by molar-refractivity contribution is 0.404. The summed E-state index contributed by atoms with van der Waals surface area (Å²) in [4.78, 5) is 2.19. The normalized spacial score (nSPS) is 11.5. The zero-order chi connectivity index (χ0) is 10.8. The predicted octanol–water partition coefficient (Wildman–Crippen LogP) is 2.42. The van der Waals surface area contributed by atoms with Gasteiger partial charge in [-0.05, 0) is 36.0 Å². The minimum absolute atomic E-state index is 0.624. The van der Waals surface area contributed by atoms with Crippen LogP contribution in [0.15, 0.2) is 23.6 Å². The van der Waals surface area contributed by atoms with Gasteiger partial charge in [0.2, 0.25) is 0 Å². The van der Waals surface area contributed by atoms with Crippen LogP contribution < -0.4 is 5.73 Å². The molecular weight excluding hydrogens is 204 g/mol. The second-order valence-corrected chi connectivity index (χ2v) is 4.88. The predicted molar refractivity (Wildman–Crippen MR) is 67.1 cm³/mol. The van der Waals surface area contributed by atoms with Gasteiger partial charge in [0, 0.05) is 17.8 Å². The number of nitrogens with zero attached hydrogens (tertiary/aromatic N) is 1. The fraction of sp³-hybridized carbons (Fsp3) is 0.333. The molecule has 0 saturated heterocycles. The van der Waals surface area contributed by atoms with Crippen LogP contribution in [0.25, 0.3) is 10.1 Å². The Hall–Kier alpha value is -0.900. The van der Waals surface area contributed by atoms with Crippen LogP contribution in [0, 0.1) is 0 Å². The van der Waals surface area contributed by atoms with Gasteiger partial charge in [0.15, 0.2) is 0 Å². The second kappa shape index (κ2) is 4.31. The first kappa shape index (κ1) is 10.6. The summed E-state index contributed by atoms with van der Waals surface area (Å²) in [6.45, 7) is 1.62. The lowest BCUT2D eigenvalue weighted by Gasteiger charge is -2.08. The first-order valence-electron chi connectivity index (χ1n) is 5.05. The largest absolute Gasteiger partial charge is 0.326 e. The topological polar surface area (TPSA) is 29.3 Å². The van der Waals surface area contributed by atoms with Crippen molar-refractivity contribution in [1.29, 1.82) is 0 Å². The van der Waals surface area contributed by atoms with E-state index in [1.807, 2.05) is 0 Å². The quantitative estimate of drug-likeness (QED) is 0.860. The standard InChI is InChI=1S/C12H16N2S/c1-14(2)7-10-8-15-12-9(6-13)4-3-5-11(10)12/h3-5,8H,6-7,13H2,1-2H3. The van der Waals surface area contributed by atoms with Crippen LogP contribution in [-0.4, -0.2) is 19.0 Å². The fourth-order valence-corrected chi connectivity index (χ4v) is 2.88. The minimum Gasteiger partial charge on any atom is -0.326 e. The summed E-state index contributed by atoms with van der Waals surface area (Å²) >= 11 is 1.80. The summed E-state index contributed by atoms with van der Waals surface area (Å²) in [6, 6.07) is 6.39. The molecule has 2 aromatic rings. The van der Waals surface area contributed by atoms with Gasteiger partial charge in [-0.3, -0.25) is 0 Å². The highest BCUT2D eigenvalue weighted by molar-refractivity contribution is 7.17. The summed E-state index contributed by atoms with van der Waals surface area (Å²) in [6.07, 6.45) is 0. The van der Waals surface area contributed by atoms with E-state index in [0.717, 1.165) is 6.54 Å². The Morgan fingerprint density at radius 1 is 1.27 bits per heavy atom. The highest BCUT2D eigenvalue weighted by atomic mass is 32.1. The molecule has 80 valence electrons. The zero-order valence-electron chi connectivity index (χ0n) is 9.16. The molecule has 1 heterocycles. The van der Waals surface area contributed by atoms with Crippen molar-refractivity contribution in [2.75, 3.05) is 14.1 Å². The molecule has 0 spiro atoms. The van der Waals surface area contributed by atoms with E-state index in [1.165, 1.54) is 21.2 Å². The van der Waals surface area contributed by atoms with Crippen molar-refractivity contribution in [3.8, 4) is 0 Å². The molecule has 0 bridgehead atoms. The average Bonchev–Trinajstić information content (AvgIpc) is 2.61. The summed E-state index contributed by atoms with van der Waals surface area (Å²) < 4.78 is 1.34. The third-order valence-electron chi connectivity index (χ3n) is 2.47. The molecular formula is C12H16N2S. The Balaban J connectivity index is 2.51. The van der Waals surface area contributed by atoms with Crippen molar-refractivity contribution >= 4 is 21.4 Å². The molecule has 3 heteroatoms. The molecule has 0 atom stereocenters. The van der Waals surface area contributed by atoms with Crippen LogP contribution in [0.1, 0.15) is 11.1 Å². The molecule has 1 aromatic heterocycles. The number of thiophene rings is 1. The minimum atomic E-state index is 0.624. The van der Waals surface area contributed by atoms with Crippen LogP contribution in [0.3, 0.4) is 0 Å². The number of nitrogens with two attached hydrogens (primary N) is 1. The third kappa shape index (κ3) is 2.04. The van der Waals surface area contributed by atoms with Crippen LogP contribution in [0.2, 0.25) is 0 Å². The molecule has 0 aliphatic heterocycles. The van der Waals surface area contributed by atoms with Crippen molar-refractivity contribution in [2.24, 2.45) is 5.73 Å². The van der Waals surface area contributed by atoms with Crippen LogP contribution >= 0.6 is 11.3 Å². The molecule has 0 radical (unpaired) electrons. The van der Waals surface area contributed by atoms with Gasteiger partial charge in [-0.2, -0.15) is 0 Å². The highest BCUT2D eigenvalue weighted by Gasteiger charge is 2.07. The van der Waals surface area contributed by atoms with Crippen LogP contribution in [-0.2, 0) is 13.1 Å². The molecule has 2 rings (SSSR count). The maximum Gasteiger partial charge on any atom is 0.0390 e. The summed E-state index contributed by atoms with van der Waals surface area (Å²) in [5, 5.41) is 3.60. The van der Waals surface area contributed by atoms with E-state index in [-0.39, 0.29) is 0 Å². The SMILES string of the molecule is CN(C)Cc1csc2c(CN)cccc12. The van der Waals surface area contributed by atoms with E-state index in [9.17, 15) is 0 Å². The molecule has 0 fully saturated rings. The second-order valence-electron chi connectivity index (χ2n) is 4.00. The number of hydrogen-bond donors (Lipinski definition) is 1. The monoisotopic (exact) mass is 220 g/mol. The number of fused-ring (bicyclic) bond motifs is 1. The summed E-state index contributed by atoms with van der Waals surface area (Å²) in [5.41, 5.74) is 8.37. The van der Waals surface area contributed by atoms with Gasteiger partial charge in [-0.1, -0.05) is 18.2 Å². The van der Waals surface area contributed by atoms with Gasteiger partial charge in [0.25, 0.3) is 0 Å². The Morgan fingerprint density at radius 3 is 2.73 bits per heavy atom. The first-order valence-corrected chi connectivity index (χ1v) is 5.93. The smallest absolute Gasteiger partial charge is 0.0390 e. The van der Waals surface area contributed by atoms with Gasteiger partial charge in [0.1, 0.15) is 0 Å². The Bertz CT molecular complexity index is 460. The maximum absolute atomic E-state index is 5.72. The molecule has 1 aromatic carbocycles. The number of benzene rings is 1. The van der Waals surface area contributed by atoms with Crippen molar-refractivity contribution in [2.45, 2.75) is 13.1 Å². The molecule has 0 amide bonds. The molecule has 2 N–H and O–H groups in total. The Kier molecular flexibility index (Phi) is 3.05. The van der Waals surface area contributed by atoms with Crippen molar-refractivity contribution in [3.05, 3.63) is 34.7 Å². The van der Waals surface area contributed by atoms with E-state index in [1.54, 1.807) is 11.3 Å². The van der Waals surface area contributed by atoms with Crippen LogP contribution in [0.4, 0.5) is 0 Å². The third-order valence-corrected chi connectivity index (χ3v) is 3.59. The molecule has 0 unspecified atom stereocenters. The van der Waals surface area contributed by atoms with Gasteiger partial charge < -0.3 is 10.6 Å². The first-order chi connectivity index (χ1) is 7.22. The molecule has 2 nitrogen and oxygen atoms in total. The van der Waals surface area contributed by atoms with E-state index in [0.29, 0.717) is 6.54 Å². The fourth-order valence-electron chi connectivity index (χ4n) is 1.79. The molecule has 0 aliphatic carbocycles. The Morgan fingerprint density at radius 2 is 2.07 bits per heavy atom. The van der Waals surface area contributed by atoms with Crippen molar-refractivity contribution in [3.63, 3.8) is 0 Å². The van der Waals surface area contributed by atoms with Crippen LogP contribution in [0.5, 0.6) is 0 Å². The molecule has 0 aliphatic rings. The van der Waals surface area contributed by atoms with Gasteiger partial charge >= 0.3 is 0 Å². The number of hydrogen-bond acceptors (Lipinski definition) is 3.